The Morgan fingerprint density at radius 1 is 0.486 bits per heavy atom. The topological polar surface area (TPSA) is 60.7 Å². The first-order valence-corrected chi connectivity index (χ1v) is 12.1. The van der Waals surface area contributed by atoms with Crippen molar-refractivity contribution in [2.45, 2.75) is 0 Å². The van der Waals surface area contributed by atoms with E-state index >= 15 is 0 Å². The van der Waals surface area contributed by atoms with E-state index < -0.39 is 0 Å². The molecule has 0 atom stereocenters. The van der Waals surface area contributed by atoms with Crippen molar-refractivity contribution in [3.63, 3.8) is 0 Å². The van der Waals surface area contributed by atoms with Gasteiger partial charge in [-0.2, -0.15) is 10.5 Å². The van der Waals surface area contributed by atoms with Gasteiger partial charge < -0.3 is 4.42 Å². The highest BCUT2D eigenvalue weighted by molar-refractivity contribution is 6.22. The Morgan fingerprint density at radius 3 is 1.73 bits per heavy atom. The second-order valence-electron chi connectivity index (χ2n) is 9.13. The third kappa shape index (κ3) is 3.12. The van der Waals surface area contributed by atoms with Crippen LogP contribution in [0.5, 0.6) is 0 Å². The minimum absolute atomic E-state index is 0.478. The normalized spacial score (nSPS) is 11.2. The van der Waals surface area contributed by atoms with E-state index in [1.54, 1.807) is 12.1 Å². The fourth-order valence-electron chi connectivity index (χ4n) is 5.54. The van der Waals surface area contributed by atoms with Crippen molar-refractivity contribution < 1.29 is 4.42 Å². The number of hydrogen-bond acceptors (Lipinski definition) is 3. The van der Waals surface area contributed by atoms with Gasteiger partial charge in [-0.15, -0.1) is 0 Å². The highest BCUT2D eigenvalue weighted by Crippen LogP contribution is 2.45. The van der Waals surface area contributed by atoms with Gasteiger partial charge >= 0.3 is 0 Å². The molecule has 0 aliphatic carbocycles. The Hall–Kier alpha value is -5.38. The molecule has 6 aromatic carbocycles. The number of para-hydroxylation sites is 1. The standard InChI is InChI=1S/C34H18N2O/c35-19-21-13-15-24(23(17-21)20-36)34-28-10-3-1-8-26(28)33(27-9-2-4-11-29(27)34)22-14-16-32-30(18-22)25-7-5-6-12-31(25)37-32/h1-18H. The highest BCUT2D eigenvalue weighted by Gasteiger charge is 2.19. The molecule has 170 valence electrons. The smallest absolute Gasteiger partial charge is 0.135 e. The van der Waals surface area contributed by atoms with Gasteiger partial charge in [0.05, 0.1) is 23.3 Å². The lowest BCUT2D eigenvalue weighted by Gasteiger charge is -2.18. The van der Waals surface area contributed by atoms with Crippen molar-refractivity contribution in [1.82, 2.24) is 0 Å². The quantitative estimate of drug-likeness (QED) is 0.237. The van der Waals surface area contributed by atoms with Crippen LogP contribution in [0.3, 0.4) is 0 Å². The molecule has 0 aliphatic rings. The summed E-state index contributed by atoms with van der Waals surface area (Å²) in [6.07, 6.45) is 0. The number of furan rings is 1. The average Bonchev–Trinajstić information content (AvgIpc) is 3.33. The maximum atomic E-state index is 9.97. The van der Waals surface area contributed by atoms with E-state index in [9.17, 15) is 10.5 Å². The van der Waals surface area contributed by atoms with E-state index in [0.717, 1.165) is 65.7 Å². The molecule has 3 nitrogen and oxygen atoms in total. The van der Waals surface area contributed by atoms with E-state index in [4.69, 9.17) is 4.42 Å². The predicted molar refractivity (Wildman–Crippen MR) is 149 cm³/mol. The fourth-order valence-corrected chi connectivity index (χ4v) is 5.54. The van der Waals surface area contributed by atoms with E-state index in [1.165, 1.54) is 0 Å². The Balaban J connectivity index is 1.61. The molecule has 0 unspecified atom stereocenters. The van der Waals surface area contributed by atoms with Gasteiger partial charge in [-0.1, -0.05) is 78.9 Å². The largest absolute Gasteiger partial charge is 0.456 e. The SMILES string of the molecule is N#Cc1ccc(-c2c3ccccc3c(-c3ccc4oc5ccccc5c4c3)c3ccccc23)c(C#N)c1. The lowest BCUT2D eigenvalue weighted by Crippen LogP contribution is -1.93. The summed E-state index contributed by atoms with van der Waals surface area (Å²) in [5.41, 5.74) is 6.81. The van der Waals surface area contributed by atoms with Crippen molar-refractivity contribution in [2.24, 2.45) is 0 Å². The summed E-state index contributed by atoms with van der Waals surface area (Å²) < 4.78 is 6.09. The van der Waals surface area contributed by atoms with Gasteiger partial charge in [-0.25, -0.2) is 0 Å². The Labute approximate surface area is 213 Å². The molecule has 37 heavy (non-hydrogen) atoms. The zero-order chi connectivity index (χ0) is 24.9. The van der Waals surface area contributed by atoms with Crippen LogP contribution in [0, 0.1) is 22.7 Å². The van der Waals surface area contributed by atoms with Gasteiger partial charge in [0.2, 0.25) is 0 Å². The van der Waals surface area contributed by atoms with Crippen molar-refractivity contribution in [2.75, 3.05) is 0 Å². The van der Waals surface area contributed by atoms with Crippen LogP contribution in [-0.4, -0.2) is 0 Å². The number of fused-ring (bicyclic) bond motifs is 5. The summed E-state index contributed by atoms with van der Waals surface area (Å²) in [4.78, 5) is 0. The molecular formula is C34H18N2O. The maximum absolute atomic E-state index is 9.97. The number of hydrogen-bond donors (Lipinski definition) is 0. The van der Waals surface area contributed by atoms with Crippen LogP contribution in [0.25, 0.3) is 65.7 Å². The van der Waals surface area contributed by atoms with Gasteiger partial charge in [-0.05, 0) is 68.6 Å². The van der Waals surface area contributed by atoms with Gasteiger partial charge in [0.1, 0.15) is 11.2 Å². The summed E-state index contributed by atoms with van der Waals surface area (Å²) in [6.45, 7) is 0. The molecule has 0 fully saturated rings. The van der Waals surface area contributed by atoms with Crippen LogP contribution in [0.1, 0.15) is 11.1 Å². The van der Waals surface area contributed by atoms with Crippen LogP contribution in [-0.2, 0) is 0 Å². The molecule has 0 radical (unpaired) electrons. The molecule has 1 heterocycles. The van der Waals surface area contributed by atoms with Gasteiger partial charge in [-0.3, -0.25) is 0 Å². The van der Waals surface area contributed by atoms with E-state index in [-0.39, 0.29) is 0 Å². The van der Waals surface area contributed by atoms with Crippen LogP contribution < -0.4 is 0 Å². The molecular weight excluding hydrogens is 452 g/mol. The Kier molecular flexibility index (Phi) is 4.58. The monoisotopic (exact) mass is 470 g/mol. The Bertz CT molecular complexity index is 2060. The maximum Gasteiger partial charge on any atom is 0.135 e. The first-order chi connectivity index (χ1) is 18.3. The molecule has 0 saturated heterocycles. The molecule has 0 N–H and O–H groups in total. The summed E-state index contributed by atoms with van der Waals surface area (Å²) in [5, 5.41) is 25.9. The summed E-state index contributed by atoms with van der Waals surface area (Å²) >= 11 is 0. The molecule has 7 aromatic rings. The van der Waals surface area contributed by atoms with Crippen LogP contribution in [0.4, 0.5) is 0 Å². The van der Waals surface area contributed by atoms with Crippen molar-refractivity contribution in [3.8, 4) is 34.4 Å². The first-order valence-electron chi connectivity index (χ1n) is 12.1. The van der Waals surface area contributed by atoms with Crippen LogP contribution in [0.2, 0.25) is 0 Å². The number of rotatable bonds is 2. The van der Waals surface area contributed by atoms with E-state index in [1.807, 2.05) is 36.4 Å². The fraction of sp³-hybridized carbons (Fsp3) is 0. The molecule has 0 bridgehead atoms. The van der Waals surface area contributed by atoms with E-state index in [0.29, 0.717) is 11.1 Å². The minimum Gasteiger partial charge on any atom is -0.456 e. The first kappa shape index (κ1) is 20.9. The van der Waals surface area contributed by atoms with Gasteiger partial charge in [0.25, 0.3) is 0 Å². The summed E-state index contributed by atoms with van der Waals surface area (Å²) in [7, 11) is 0. The second kappa shape index (κ2) is 8.09. The van der Waals surface area contributed by atoms with E-state index in [2.05, 4.69) is 72.8 Å². The van der Waals surface area contributed by atoms with Crippen molar-refractivity contribution in [1.29, 1.82) is 10.5 Å². The third-order valence-corrected chi connectivity index (χ3v) is 7.14. The van der Waals surface area contributed by atoms with Gasteiger partial charge in [0.15, 0.2) is 0 Å². The summed E-state index contributed by atoms with van der Waals surface area (Å²) in [6, 6.07) is 41.0. The van der Waals surface area contributed by atoms with Crippen molar-refractivity contribution >= 4 is 43.5 Å². The zero-order valence-corrected chi connectivity index (χ0v) is 19.7. The lowest BCUT2D eigenvalue weighted by atomic mass is 9.84. The zero-order valence-electron chi connectivity index (χ0n) is 19.7. The number of nitrogens with zero attached hydrogens (tertiary/aromatic N) is 2. The highest BCUT2D eigenvalue weighted by atomic mass is 16.3. The second-order valence-corrected chi connectivity index (χ2v) is 9.13. The summed E-state index contributed by atoms with van der Waals surface area (Å²) in [5.74, 6) is 0. The molecule has 7 rings (SSSR count). The third-order valence-electron chi connectivity index (χ3n) is 7.14. The lowest BCUT2D eigenvalue weighted by molar-refractivity contribution is 0.669. The van der Waals surface area contributed by atoms with Crippen LogP contribution >= 0.6 is 0 Å². The molecule has 0 spiro atoms. The van der Waals surface area contributed by atoms with Crippen molar-refractivity contribution in [3.05, 3.63) is 120 Å². The number of benzene rings is 6. The molecule has 0 saturated carbocycles. The number of nitriles is 2. The predicted octanol–water partition coefficient (Wildman–Crippen LogP) is 8.97. The Morgan fingerprint density at radius 2 is 1.08 bits per heavy atom. The average molecular weight is 471 g/mol. The molecule has 1 aromatic heterocycles. The molecule has 0 aliphatic heterocycles. The van der Waals surface area contributed by atoms with Gasteiger partial charge in [0, 0.05) is 16.3 Å². The van der Waals surface area contributed by atoms with Crippen LogP contribution in [0.15, 0.2) is 114 Å². The molecule has 0 amide bonds. The molecule has 3 heteroatoms. The minimum atomic E-state index is 0.478.